The molecule has 2 aromatic carbocycles. The van der Waals surface area contributed by atoms with Crippen molar-refractivity contribution in [1.82, 2.24) is 8.87 Å². The topological polar surface area (TPSA) is 65.8 Å². The summed E-state index contributed by atoms with van der Waals surface area (Å²) in [5, 5.41) is 11.5. The largest absolute Gasteiger partial charge is 0.388 e. The van der Waals surface area contributed by atoms with Gasteiger partial charge in [0.05, 0.1) is 11.0 Å². The van der Waals surface area contributed by atoms with Crippen molar-refractivity contribution in [2.75, 3.05) is 37.6 Å². The molecule has 5 rings (SSSR count). The van der Waals surface area contributed by atoms with Crippen LogP contribution in [0.5, 0.6) is 0 Å². The molecule has 0 bridgehead atoms. The molecule has 36 heavy (non-hydrogen) atoms. The maximum absolute atomic E-state index is 13.6. The van der Waals surface area contributed by atoms with Crippen LogP contribution in [0.4, 0.5) is 5.69 Å². The van der Waals surface area contributed by atoms with Gasteiger partial charge in [0.25, 0.3) is 10.0 Å². The minimum atomic E-state index is -3.71. The van der Waals surface area contributed by atoms with Crippen molar-refractivity contribution in [3.8, 4) is 0 Å². The van der Waals surface area contributed by atoms with E-state index < -0.39 is 16.1 Å². The van der Waals surface area contributed by atoms with Gasteiger partial charge in [0, 0.05) is 48.8 Å². The lowest BCUT2D eigenvalue weighted by atomic mass is 9.81. The Morgan fingerprint density at radius 3 is 2.22 bits per heavy atom. The third-order valence-corrected chi connectivity index (χ3v) is 9.90. The normalized spacial score (nSPS) is 20.9. The summed E-state index contributed by atoms with van der Waals surface area (Å²) in [4.78, 5) is 5.23. The van der Waals surface area contributed by atoms with Gasteiger partial charge in [0.2, 0.25) is 0 Å². The first kappa shape index (κ1) is 25.1. The maximum atomic E-state index is 13.6. The average molecular weight is 508 g/mol. The first-order valence-electron chi connectivity index (χ1n) is 13.2. The summed E-state index contributed by atoms with van der Waals surface area (Å²) in [6.45, 7) is 8.96. The van der Waals surface area contributed by atoms with Crippen LogP contribution in [0.15, 0.2) is 65.6 Å². The summed E-state index contributed by atoms with van der Waals surface area (Å²) >= 11 is 0. The van der Waals surface area contributed by atoms with E-state index in [1.807, 2.05) is 19.9 Å². The summed E-state index contributed by atoms with van der Waals surface area (Å²) in [7, 11) is -3.71. The number of rotatable bonds is 7. The van der Waals surface area contributed by atoms with Gasteiger partial charge in [-0.3, -0.25) is 4.90 Å². The average Bonchev–Trinajstić information content (AvgIpc) is 3.22. The Balaban J connectivity index is 1.30. The fourth-order valence-corrected chi connectivity index (χ4v) is 7.76. The monoisotopic (exact) mass is 507 g/mol. The molecule has 0 radical (unpaired) electrons. The van der Waals surface area contributed by atoms with Crippen LogP contribution in [-0.2, 0) is 22.9 Å². The van der Waals surface area contributed by atoms with E-state index in [9.17, 15) is 13.5 Å². The van der Waals surface area contributed by atoms with E-state index in [2.05, 4.69) is 40.1 Å². The van der Waals surface area contributed by atoms with Crippen molar-refractivity contribution in [2.45, 2.75) is 50.5 Å². The summed E-state index contributed by atoms with van der Waals surface area (Å²) < 4.78 is 28.7. The van der Waals surface area contributed by atoms with Gasteiger partial charge < -0.3 is 10.0 Å². The van der Waals surface area contributed by atoms with Crippen LogP contribution < -0.4 is 4.90 Å². The Hall–Kier alpha value is -2.61. The van der Waals surface area contributed by atoms with Crippen molar-refractivity contribution in [2.24, 2.45) is 5.92 Å². The molecule has 2 aliphatic rings. The quantitative estimate of drug-likeness (QED) is 0.513. The van der Waals surface area contributed by atoms with Crippen molar-refractivity contribution >= 4 is 15.7 Å². The molecule has 192 valence electrons. The zero-order valence-corrected chi connectivity index (χ0v) is 22.1. The van der Waals surface area contributed by atoms with Crippen LogP contribution in [0, 0.1) is 12.8 Å². The van der Waals surface area contributed by atoms with Gasteiger partial charge in [0.1, 0.15) is 0 Å². The van der Waals surface area contributed by atoms with E-state index >= 15 is 0 Å². The van der Waals surface area contributed by atoms with E-state index in [0.29, 0.717) is 17.7 Å². The predicted octanol–water partition coefficient (Wildman–Crippen LogP) is 4.40. The van der Waals surface area contributed by atoms with Crippen LogP contribution in [0.3, 0.4) is 0 Å². The minimum absolute atomic E-state index is 0.143. The molecule has 2 unspecified atom stereocenters. The molecule has 6 nitrogen and oxygen atoms in total. The van der Waals surface area contributed by atoms with Gasteiger partial charge in [-0.05, 0) is 74.9 Å². The number of para-hydroxylation sites is 1. The number of fused-ring (bicyclic) bond motifs is 1. The van der Waals surface area contributed by atoms with Gasteiger partial charge in [-0.15, -0.1) is 0 Å². The zero-order chi connectivity index (χ0) is 25.3. The SMILES string of the molecule is CCc1c2c(n(S(=O)(=O)c3ccccc3)c1C)CCC(CCN1CCN(c3ccccc3)CC1)C2O. The molecule has 1 aromatic heterocycles. The van der Waals surface area contributed by atoms with Gasteiger partial charge >= 0.3 is 0 Å². The standard InChI is InChI=1S/C29H37N3O3S/c1-3-26-22(2)32(36(34,35)25-12-8-5-9-13-25)27-15-14-23(29(33)28(26)27)16-17-30-18-20-31(21-19-30)24-10-6-4-7-11-24/h4-13,23,29,33H,3,14-21H2,1-2H3. The minimum Gasteiger partial charge on any atom is -0.388 e. The molecular formula is C29H37N3O3S. The molecule has 1 N–H and O–H groups in total. The first-order chi connectivity index (χ1) is 17.4. The number of aliphatic hydroxyl groups excluding tert-OH is 1. The number of aromatic nitrogens is 1. The lowest BCUT2D eigenvalue weighted by molar-refractivity contribution is 0.0785. The van der Waals surface area contributed by atoms with Crippen LogP contribution in [0.2, 0.25) is 0 Å². The molecule has 3 aromatic rings. The number of benzene rings is 2. The van der Waals surface area contributed by atoms with E-state index in [0.717, 1.165) is 68.1 Å². The zero-order valence-electron chi connectivity index (χ0n) is 21.3. The second-order valence-electron chi connectivity index (χ2n) is 10.1. The molecule has 2 atom stereocenters. The van der Waals surface area contributed by atoms with Crippen molar-refractivity contribution in [3.05, 3.63) is 83.2 Å². The molecule has 0 amide bonds. The highest BCUT2D eigenvalue weighted by atomic mass is 32.2. The molecule has 0 spiro atoms. The molecule has 0 saturated carbocycles. The third kappa shape index (κ3) is 4.60. The predicted molar refractivity (Wildman–Crippen MR) is 144 cm³/mol. The second kappa shape index (κ2) is 10.4. The Kier molecular flexibility index (Phi) is 7.24. The summed E-state index contributed by atoms with van der Waals surface area (Å²) in [6.07, 6.45) is 2.47. The van der Waals surface area contributed by atoms with Gasteiger partial charge in [-0.2, -0.15) is 0 Å². The second-order valence-corrected chi connectivity index (χ2v) is 11.8. The van der Waals surface area contributed by atoms with E-state index in [1.165, 1.54) is 9.66 Å². The Bertz CT molecular complexity index is 1280. The lowest BCUT2D eigenvalue weighted by Crippen LogP contribution is -2.47. The lowest BCUT2D eigenvalue weighted by Gasteiger charge is -2.37. The van der Waals surface area contributed by atoms with Crippen molar-refractivity contribution in [1.29, 1.82) is 0 Å². The molecule has 1 fully saturated rings. The molecule has 7 heteroatoms. The first-order valence-corrected chi connectivity index (χ1v) is 14.6. The highest BCUT2D eigenvalue weighted by molar-refractivity contribution is 7.90. The maximum Gasteiger partial charge on any atom is 0.268 e. The van der Waals surface area contributed by atoms with Crippen molar-refractivity contribution < 1.29 is 13.5 Å². The number of nitrogens with zero attached hydrogens (tertiary/aromatic N) is 3. The number of hydrogen-bond acceptors (Lipinski definition) is 5. The van der Waals surface area contributed by atoms with Crippen molar-refractivity contribution in [3.63, 3.8) is 0 Å². The van der Waals surface area contributed by atoms with Crippen LogP contribution in [-0.4, -0.2) is 55.1 Å². The van der Waals surface area contributed by atoms with Crippen LogP contribution in [0.1, 0.15) is 48.4 Å². The molecule has 1 aliphatic carbocycles. The highest BCUT2D eigenvalue weighted by Crippen LogP contribution is 2.42. The third-order valence-electron chi connectivity index (χ3n) is 8.06. The molecule has 1 saturated heterocycles. The molecule has 1 aliphatic heterocycles. The number of anilines is 1. The number of hydrogen-bond donors (Lipinski definition) is 1. The Labute approximate surface area is 215 Å². The van der Waals surface area contributed by atoms with Crippen LogP contribution >= 0.6 is 0 Å². The fourth-order valence-electron chi connectivity index (χ4n) is 6.09. The Morgan fingerprint density at radius 1 is 0.944 bits per heavy atom. The van der Waals surface area contributed by atoms with Gasteiger partial charge in [-0.25, -0.2) is 12.4 Å². The molecular weight excluding hydrogens is 470 g/mol. The van der Waals surface area contributed by atoms with Gasteiger partial charge in [-0.1, -0.05) is 43.3 Å². The highest BCUT2D eigenvalue weighted by Gasteiger charge is 2.37. The van der Waals surface area contributed by atoms with E-state index in [4.69, 9.17) is 0 Å². The fraction of sp³-hybridized carbons (Fsp3) is 0.448. The Morgan fingerprint density at radius 2 is 1.58 bits per heavy atom. The van der Waals surface area contributed by atoms with E-state index in [-0.39, 0.29) is 5.92 Å². The number of piperazine rings is 1. The van der Waals surface area contributed by atoms with Gasteiger partial charge in [0.15, 0.2) is 0 Å². The van der Waals surface area contributed by atoms with E-state index in [1.54, 1.807) is 24.3 Å². The smallest absolute Gasteiger partial charge is 0.268 e. The van der Waals surface area contributed by atoms with Crippen LogP contribution in [0.25, 0.3) is 0 Å². The summed E-state index contributed by atoms with van der Waals surface area (Å²) in [5.74, 6) is 0.143. The molecule has 2 heterocycles. The summed E-state index contributed by atoms with van der Waals surface area (Å²) in [5.41, 5.74) is 4.64. The summed E-state index contributed by atoms with van der Waals surface area (Å²) in [6, 6.07) is 19.2. The number of aliphatic hydroxyl groups is 1.